The Morgan fingerprint density at radius 3 is 2.46 bits per heavy atom. The molecule has 2 aliphatic heterocycles. The van der Waals surface area contributed by atoms with Gasteiger partial charge in [0.15, 0.2) is 11.7 Å². The molecule has 2 aromatic rings. The van der Waals surface area contributed by atoms with Gasteiger partial charge in [-0.1, -0.05) is 18.2 Å². The second-order valence-electron chi connectivity index (χ2n) is 6.98. The summed E-state index contributed by atoms with van der Waals surface area (Å²) in [5.74, 6) is -1.79. The van der Waals surface area contributed by atoms with Crippen LogP contribution in [-0.4, -0.2) is 36.7 Å². The van der Waals surface area contributed by atoms with E-state index in [1.54, 1.807) is 24.3 Å². The van der Waals surface area contributed by atoms with Crippen molar-refractivity contribution in [3.05, 3.63) is 54.6 Å². The summed E-state index contributed by atoms with van der Waals surface area (Å²) >= 11 is 0. The maximum Gasteiger partial charge on any atom is 0.244 e. The Morgan fingerprint density at radius 1 is 1.00 bits per heavy atom. The SMILES string of the molecule is O=C(Nc1ccc(Oc2ccccc2)cc1)C1C(=O)NC2CCNCC2C1=O. The van der Waals surface area contributed by atoms with Crippen molar-refractivity contribution in [1.82, 2.24) is 10.6 Å². The first-order valence-corrected chi connectivity index (χ1v) is 9.30. The van der Waals surface area contributed by atoms with Crippen LogP contribution in [0.3, 0.4) is 0 Å². The number of amides is 2. The number of carbonyl (C=O) groups excluding carboxylic acids is 3. The van der Waals surface area contributed by atoms with Crippen LogP contribution in [0.4, 0.5) is 5.69 Å². The molecule has 3 unspecified atom stereocenters. The molecule has 144 valence electrons. The molecule has 0 bridgehead atoms. The van der Waals surface area contributed by atoms with E-state index in [-0.39, 0.29) is 17.7 Å². The van der Waals surface area contributed by atoms with Gasteiger partial charge in [-0.05, 0) is 49.4 Å². The molecule has 3 N–H and O–H groups in total. The number of benzene rings is 2. The Balaban J connectivity index is 1.41. The zero-order chi connectivity index (χ0) is 19.5. The predicted molar refractivity (Wildman–Crippen MR) is 103 cm³/mol. The Bertz CT molecular complexity index is 882. The summed E-state index contributed by atoms with van der Waals surface area (Å²) in [5.41, 5.74) is 0.495. The second-order valence-corrected chi connectivity index (χ2v) is 6.98. The summed E-state index contributed by atoms with van der Waals surface area (Å²) in [7, 11) is 0. The first-order valence-electron chi connectivity index (χ1n) is 9.30. The smallest absolute Gasteiger partial charge is 0.244 e. The number of hydrogen-bond donors (Lipinski definition) is 3. The van der Waals surface area contributed by atoms with E-state index in [1.807, 2.05) is 30.3 Å². The highest BCUT2D eigenvalue weighted by Crippen LogP contribution is 2.25. The van der Waals surface area contributed by atoms with E-state index in [0.29, 0.717) is 30.2 Å². The molecule has 2 aromatic carbocycles. The van der Waals surface area contributed by atoms with E-state index in [0.717, 1.165) is 6.54 Å². The summed E-state index contributed by atoms with van der Waals surface area (Å²) < 4.78 is 5.71. The van der Waals surface area contributed by atoms with Crippen molar-refractivity contribution >= 4 is 23.3 Å². The zero-order valence-corrected chi connectivity index (χ0v) is 15.2. The highest BCUT2D eigenvalue weighted by Gasteiger charge is 2.47. The van der Waals surface area contributed by atoms with Gasteiger partial charge in [0, 0.05) is 18.3 Å². The lowest BCUT2D eigenvalue weighted by atomic mass is 9.79. The van der Waals surface area contributed by atoms with Crippen molar-refractivity contribution in [2.45, 2.75) is 12.5 Å². The van der Waals surface area contributed by atoms with Crippen LogP contribution in [0.25, 0.3) is 0 Å². The molecule has 7 nitrogen and oxygen atoms in total. The Morgan fingerprint density at radius 2 is 1.71 bits per heavy atom. The third-order valence-corrected chi connectivity index (χ3v) is 5.08. The molecule has 2 saturated heterocycles. The van der Waals surface area contributed by atoms with E-state index >= 15 is 0 Å². The van der Waals surface area contributed by atoms with Gasteiger partial charge in [0.1, 0.15) is 11.5 Å². The fraction of sp³-hybridized carbons (Fsp3) is 0.286. The Labute approximate surface area is 162 Å². The molecule has 2 aliphatic rings. The van der Waals surface area contributed by atoms with Crippen LogP contribution in [0.15, 0.2) is 54.6 Å². The fourth-order valence-corrected chi connectivity index (χ4v) is 3.63. The van der Waals surface area contributed by atoms with Crippen LogP contribution in [0.1, 0.15) is 6.42 Å². The van der Waals surface area contributed by atoms with E-state index in [9.17, 15) is 14.4 Å². The number of Topliss-reactive ketones (excluding diaryl/α,β-unsaturated/α-hetero) is 1. The lowest BCUT2D eigenvalue weighted by Gasteiger charge is -2.37. The van der Waals surface area contributed by atoms with Gasteiger partial charge in [0.25, 0.3) is 0 Å². The van der Waals surface area contributed by atoms with E-state index in [1.165, 1.54) is 0 Å². The third kappa shape index (κ3) is 3.75. The highest BCUT2D eigenvalue weighted by atomic mass is 16.5. The van der Waals surface area contributed by atoms with Gasteiger partial charge >= 0.3 is 0 Å². The lowest BCUT2D eigenvalue weighted by molar-refractivity contribution is -0.146. The largest absolute Gasteiger partial charge is 0.457 e. The molecule has 2 amide bonds. The highest BCUT2D eigenvalue weighted by molar-refractivity contribution is 6.23. The van der Waals surface area contributed by atoms with Crippen LogP contribution in [0.2, 0.25) is 0 Å². The van der Waals surface area contributed by atoms with Gasteiger partial charge in [-0.3, -0.25) is 14.4 Å². The number of ether oxygens (including phenoxy) is 1. The quantitative estimate of drug-likeness (QED) is 0.703. The first kappa shape index (κ1) is 18.2. The van der Waals surface area contributed by atoms with Crippen molar-refractivity contribution < 1.29 is 19.1 Å². The maximum absolute atomic E-state index is 12.7. The molecule has 4 rings (SSSR count). The van der Waals surface area contributed by atoms with Gasteiger partial charge in [0.05, 0.1) is 5.92 Å². The average molecular weight is 379 g/mol. The first-order chi connectivity index (χ1) is 13.6. The van der Waals surface area contributed by atoms with Crippen molar-refractivity contribution in [2.75, 3.05) is 18.4 Å². The molecular weight excluding hydrogens is 358 g/mol. The lowest BCUT2D eigenvalue weighted by Crippen LogP contribution is -2.62. The zero-order valence-electron chi connectivity index (χ0n) is 15.2. The standard InChI is InChI=1S/C21H21N3O4/c25-19-16-12-22-11-10-17(16)24-21(27)18(19)20(26)23-13-6-8-15(9-7-13)28-14-4-2-1-3-5-14/h1-9,16-18,22H,10-12H2,(H,23,26)(H,24,27). The third-order valence-electron chi connectivity index (χ3n) is 5.08. The minimum absolute atomic E-state index is 0.181. The van der Waals surface area contributed by atoms with Gasteiger partial charge in [0.2, 0.25) is 11.8 Å². The Kier molecular flexibility index (Phi) is 5.08. The van der Waals surface area contributed by atoms with Gasteiger partial charge in [-0.25, -0.2) is 0 Å². The molecule has 28 heavy (non-hydrogen) atoms. The number of piperidine rings is 2. The van der Waals surface area contributed by atoms with Crippen LogP contribution in [0, 0.1) is 11.8 Å². The van der Waals surface area contributed by atoms with E-state index in [4.69, 9.17) is 4.74 Å². The van der Waals surface area contributed by atoms with Crippen LogP contribution in [0.5, 0.6) is 11.5 Å². The van der Waals surface area contributed by atoms with Crippen molar-refractivity contribution in [3.8, 4) is 11.5 Å². The normalized spacial score (nSPS) is 24.1. The summed E-state index contributed by atoms with van der Waals surface area (Å²) in [6, 6.07) is 15.9. The fourth-order valence-electron chi connectivity index (χ4n) is 3.63. The number of hydrogen-bond acceptors (Lipinski definition) is 5. The minimum atomic E-state index is -1.32. The number of ketones is 1. The average Bonchev–Trinajstić information content (AvgIpc) is 2.70. The molecule has 0 spiro atoms. The van der Waals surface area contributed by atoms with Crippen molar-refractivity contribution in [3.63, 3.8) is 0 Å². The van der Waals surface area contributed by atoms with Crippen LogP contribution in [-0.2, 0) is 14.4 Å². The molecule has 2 heterocycles. The van der Waals surface area contributed by atoms with E-state index < -0.39 is 17.7 Å². The topological polar surface area (TPSA) is 96.5 Å². The molecule has 3 atom stereocenters. The van der Waals surface area contributed by atoms with Crippen LogP contribution < -0.4 is 20.7 Å². The van der Waals surface area contributed by atoms with Crippen molar-refractivity contribution in [2.24, 2.45) is 11.8 Å². The summed E-state index contributed by atoms with van der Waals surface area (Å²) in [6.07, 6.45) is 0.694. The minimum Gasteiger partial charge on any atom is -0.457 e. The second kappa shape index (κ2) is 7.82. The number of nitrogens with one attached hydrogen (secondary N) is 3. The Hall–Kier alpha value is -3.19. The molecule has 0 saturated carbocycles. The van der Waals surface area contributed by atoms with Gasteiger partial charge < -0.3 is 20.7 Å². The molecule has 0 radical (unpaired) electrons. The molecule has 7 heteroatoms. The van der Waals surface area contributed by atoms with E-state index in [2.05, 4.69) is 16.0 Å². The summed E-state index contributed by atoms with van der Waals surface area (Å²) in [5, 5.41) is 8.63. The molecular formula is C21H21N3O4. The summed E-state index contributed by atoms with van der Waals surface area (Å²) in [4.78, 5) is 37.6. The van der Waals surface area contributed by atoms with Crippen LogP contribution >= 0.6 is 0 Å². The van der Waals surface area contributed by atoms with Crippen molar-refractivity contribution in [1.29, 1.82) is 0 Å². The van der Waals surface area contributed by atoms with Gasteiger partial charge in [-0.2, -0.15) is 0 Å². The molecule has 0 aromatic heterocycles. The number of rotatable bonds is 4. The molecule has 2 fully saturated rings. The number of para-hydroxylation sites is 1. The predicted octanol–water partition coefficient (Wildman–Crippen LogP) is 1.71. The maximum atomic E-state index is 12.7. The number of fused-ring (bicyclic) bond motifs is 1. The number of anilines is 1. The number of carbonyl (C=O) groups is 3. The molecule has 0 aliphatic carbocycles. The van der Waals surface area contributed by atoms with Gasteiger partial charge in [-0.15, -0.1) is 0 Å². The summed E-state index contributed by atoms with van der Waals surface area (Å²) in [6.45, 7) is 1.24. The monoisotopic (exact) mass is 379 g/mol.